The summed E-state index contributed by atoms with van der Waals surface area (Å²) in [5.41, 5.74) is 1.86. The highest BCUT2D eigenvalue weighted by Crippen LogP contribution is 2.29. The van der Waals surface area contributed by atoms with Crippen molar-refractivity contribution < 1.29 is 8.78 Å². The molecule has 5 heteroatoms. The van der Waals surface area contributed by atoms with E-state index in [0.717, 1.165) is 36.2 Å². The first-order chi connectivity index (χ1) is 10.0. The maximum Gasteiger partial charge on any atom is 0.130 e. The first-order valence-corrected chi connectivity index (χ1v) is 6.98. The van der Waals surface area contributed by atoms with Gasteiger partial charge in [-0.15, -0.1) is 0 Å². The van der Waals surface area contributed by atoms with Gasteiger partial charge in [0.1, 0.15) is 11.6 Å². The van der Waals surface area contributed by atoms with Crippen molar-refractivity contribution >= 4 is 6.08 Å². The van der Waals surface area contributed by atoms with Crippen LogP contribution in [0.15, 0.2) is 35.5 Å². The van der Waals surface area contributed by atoms with Crippen LogP contribution in [0.4, 0.5) is 8.78 Å². The maximum atomic E-state index is 13.8. The smallest absolute Gasteiger partial charge is 0.130 e. The standard InChI is InChI=1S/C16H21F2N3/c1-19-15-10-16(20-2,21-3)7-6-11(15)8-12-9-13(17)4-5-14(12)18/h4-5,8-10,19-21H,6-7H2,1-3H3. The zero-order chi connectivity index (χ0) is 15.5. The molecule has 0 bridgehead atoms. The highest BCUT2D eigenvalue weighted by molar-refractivity contribution is 5.60. The molecule has 0 aliphatic heterocycles. The lowest BCUT2D eigenvalue weighted by Crippen LogP contribution is -2.54. The van der Waals surface area contributed by atoms with Crippen LogP contribution in [-0.2, 0) is 0 Å². The summed E-state index contributed by atoms with van der Waals surface area (Å²) in [6.07, 6.45) is 5.33. The van der Waals surface area contributed by atoms with Crippen molar-refractivity contribution in [1.29, 1.82) is 0 Å². The van der Waals surface area contributed by atoms with Gasteiger partial charge in [0.25, 0.3) is 0 Å². The van der Waals surface area contributed by atoms with E-state index in [-0.39, 0.29) is 11.2 Å². The summed E-state index contributed by atoms with van der Waals surface area (Å²) in [7, 11) is 5.60. The van der Waals surface area contributed by atoms with Gasteiger partial charge in [0.15, 0.2) is 0 Å². The first kappa shape index (κ1) is 15.7. The Morgan fingerprint density at radius 2 is 1.86 bits per heavy atom. The molecule has 1 aliphatic rings. The number of nitrogens with one attached hydrogen (secondary N) is 3. The summed E-state index contributed by atoms with van der Waals surface area (Å²) in [4.78, 5) is 0. The SMILES string of the molecule is CNC1=CC(NC)(NC)CCC1=Cc1cc(F)ccc1F. The molecule has 0 unspecified atom stereocenters. The average molecular weight is 293 g/mol. The Bertz CT molecular complexity index is 575. The summed E-state index contributed by atoms with van der Waals surface area (Å²) in [6.45, 7) is 0. The lowest BCUT2D eigenvalue weighted by molar-refractivity contribution is 0.338. The van der Waals surface area contributed by atoms with Crippen LogP contribution in [0, 0.1) is 11.6 Å². The predicted molar refractivity (Wildman–Crippen MR) is 81.6 cm³/mol. The van der Waals surface area contributed by atoms with Gasteiger partial charge < -0.3 is 5.32 Å². The first-order valence-electron chi connectivity index (χ1n) is 6.98. The Balaban J connectivity index is 2.40. The fraction of sp³-hybridized carbons (Fsp3) is 0.375. The molecule has 0 saturated heterocycles. The molecule has 0 fully saturated rings. The summed E-state index contributed by atoms with van der Waals surface area (Å²) >= 11 is 0. The lowest BCUT2D eigenvalue weighted by atomic mass is 9.88. The molecule has 0 radical (unpaired) electrons. The minimum absolute atomic E-state index is 0.271. The molecule has 0 aromatic heterocycles. The Labute approximate surface area is 124 Å². The topological polar surface area (TPSA) is 36.1 Å². The molecule has 1 aromatic carbocycles. The second kappa shape index (κ2) is 6.37. The van der Waals surface area contributed by atoms with Crippen molar-refractivity contribution in [3.05, 3.63) is 52.7 Å². The monoisotopic (exact) mass is 293 g/mol. The number of halogens is 2. The van der Waals surface area contributed by atoms with Crippen molar-refractivity contribution in [1.82, 2.24) is 16.0 Å². The van der Waals surface area contributed by atoms with Crippen LogP contribution in [-0.4, -0.2) is 26.8 Å². The molecular formula is C16H21F2N3. The van der Waals surface area contributed by atoms with Gasteiger partial charge in [-0.3, -0.25) is 10.6 Å². The molecule has 0 spiro atoms. The average Bonchev–Trinajstić information content (AvgIpc) is 2.51. The molecule has 0 amide bonds. The van der Waals surface area contributed by atoms with Gasteiger partial charge in [-0.1, -0.05) is 0 Å². The quantitative estimate of drug-likeness (QED) is 0.746. The lowest BCUT2D eigenvalue weighted by Gasteiger charge is -2.35. The molecule has 3 N–H and O–H groups in total. The van der Waals surface area contributed by atoms with Gasteiger partial charge in [0.2, 0.25) is 0 Å². The van der Waals surface area contributed by atoms with E-state index < -0.39 is 11.6 Å². The fourth-order valence-electron chi connectivity index (χ4n) is 2.59. The van der Waals surface area contributed by atoms with E-state index in [4.69, 9.17) is 0 Å². The third kappa shape index (κ3) is 3.31. The Morgan fingerprint density at radius 3 is 2.48 bits per heavy atom. The minimum Gasteiger partial charge on any atom is -0.388 e. The predicted octanol–water partition coefficient (Wildman–Crippen LogP) is 2.38. The molecule has 1 aliphatic carbocycles. The second-order valence-corrected chi connectivity index (χ2v) is 5.11. The highest BCUT2D eigenvalue weighted by Gasteiger charge is 2.29. The van der Waals surface area contributed by atoms with Crippen LogP contribution in [0.5, 0.6) is 0 Å². The van der Waals surface area contributed by atoms with Gasteiger partial charge in [-0.05, 0) is 62.9 Å². The fourth-order valence-corrected chi connectivity index (χ4v) is 2.59. The van der Waals surface area contributed by atoms with Gasteiger partial charge in [-0.2, -0.15) is 0 Å². The van der Waals surface area contributed by atoms with E-state index >= 15 is 0 Å². The van der Waals surface area contributed by atoms with Crippen molar-refractivity contribution in [2.75, 3.05) is 21.1 Å². The van der Waals surface area contributed by atoms with E-state index in [1.54, 1.807) is 6.08 Å². The van der Waals surface area contributed by atoms with Crippen molar-refractivity contribution in [3.8, 4) is 0 Å². The van der Waals surface area contributed by atoms with E-state index in [9.17, 15) is 8.78 Å². The molecule has 0 heterocycles. The molecular weight excluding hydrogens is 272 g/mol. The third-order valence-corrected chi connectivity index (χ3v) is 3.97. The molecule has 0 atom stereocenters. The Morgan fingerprint density at radius 1 is 1.14 bits per heavy atom. The number of hydrogen-bond acceptors (Lipinski definition) is 3. The number of allylic oxidation sites excluding steroid dienone is 1. The van der Waals surface area contributed by atoms with Crippen molar-refractivity contribution in [2.24, 2.45) is 0 Å². The number of rotatable bonds is 4. The summed E-state index contributed by atoms with van der Waals surface area (Å²) in [5, 5.41) is 9.62. The third-order valence-electron chi connectivity index (χ3n) is 3.97. The van der Waals surface area contributed by atoms with Crippen LogP contribution in [0.3, 0.4) is 0 Å². The number of likely N-dealkylation sites (N-methyl/N-ethyl adjacent to an activating group) is 3. The number of benzene rings is 1. The molecule has 114 valence electrons. The van der Waals surface area contributed by atoms with Crippen LogP contribution < -0.4 is 16.0 Å². The zero-order valence-corrected chi connectivity index (χ0v) is 12.6. The summed E-state index contributed by atoms with van der Waals surface area (Å²) in [6, 6.07) is 3.49. The molecule has 21 heavy (non-hydrogen) atoms. The van der Waals surface area contributed by atoms with Crippen molar-refractivity contribution in [3.63, 3.8) is 0 Å². The molecule has 0 saturated carbocycles. The van der Waals surface area contributed by atoms with Gasteiger partial charge in [0.05, 0.1) is 5.66 Å². The second-order valence-electron chi connectivity index (χ2n) is 5.11. The summed E-state index contributed by atoms with van der Waals surface area (Å²) < 4.78 is 27.0. The van der Waals surface area contributed by atoms with Crippen molar-refractivity contribution in [2.45, 2.75) is 18.5 Å². The van der Waals surface area contributed by atoms with Crippen LogP contribution in [0.25, 0.3) is 6.08 Å². The Hall–Kier alpha value is -1.72. The van der Waals surface area contributed by atoms with Crippen LogP contribution in [0.1, 0.15) is 18.4 Å². The van der Waals surface area contributed by atoms with E-state index in [2.05, 4.69) is 16.0 Å². The van der Waals surface area contributed by atoms with Gasteiger partial charge in [-0.25, -0.2) is 8.78 Å². The van der Waals surface area contributed by atoms with Crippen LogP contribution in [0.2, 0.25) is 0 Å². The molecule has 2 rings (SSSR count). The van der Waals surface area contributed by atoms with E-state index in [0.29, 0.717) is 0 Å². The maximum absolute atomic E-state index is 13.8. The molecule has 1 aromatic rings. The largest absolute Gasteiger partial charge is 0.388 e. The number of hydrogen-bond donors (Lipinski definition) is 3. The molecule has 3 nitrogen and oxygen atoms in total. The Kier molecular flexibility index (Phi) is 4.75. The van der Waals surface area contributed by atoms with Gasteiger partial charge in [0, 0.05) is 18.3 Å². The van der Waals surface area contributed by atoms with E-state index in [1.165, 1.54) is 6.07 Å². The van der Waals surface area contributed by atoms with Crippen LogP contribution >= 0.6 is 0 Å². The van der Waals surface area contributed by atoms with E-state index in [1.807, 2.05) is 27.2 Å². The van der Waals surface area contributed by atoms with Gasteiger partial charge >= 0.3 is 0 Å². The summed E-state index contributed by atoms with van der Waals surface area (Å²) in [5.74, 6) is -0.854. The minimum atomic E-state index is -0.436. The highest BCUT2D eigenvalue weighted by atomic mass is 19.1. The normalized spacial score (nSPS) is 19.5. The zero-order valence-electron chi connectivity index (χ0n) is 12.6.